The summed E-state index contributed by atoms with van der Waals surface area (Å²) in [5.41, 5.74) is 2.64. The van der Waals surface area contributed by atoms with Gasteiger partial charge in [-0.2, -0.15) is 0 Å². The Labute approximate surface area is 148 Å². The van der Waals surface area contributed by atoms with Crippen molar-refractivity contribution in [1.29, 1.82) is 0 Å². The summed E-state index contributed by atoms with van der Waals surface area (Å²) in [5.74, 6) is 1.26. The second-order valence-corrected chi connectivity index (χ2v) is 7.38. The highest BCUT2D eigenvalue weighted by Crippen LogP contribution is 2.32. The lowest BCUT2D eigenvalue weighted by atomic mass is 9.90. The molecule has 0 radical (unpaired) electrons. The summed E-state index contributed by atoms with van der Waals surface area (Å²) in [4.78, 5) is 19.1. The Bertz CT molecular complexity index is 737. The van der Waals surface area contributed by atoms with E-state index in [1.807, 2.05) is 22.7 Å². The minimum atomic E-state index is -0.548. The summed E-state index contributed by atoms with van der Waals surface area (Å²) < 4.78 is 1.87. The number of aryl methyl sites for hydroxylation is 1. The molecule has 0 spiro atoms. The summed E-state index contributed by atoms with van der Waals surface area (Å²) in [7, 11) is 1.90. The Morgan fingerprint density at radius 3 is 2.40 bits per heavy atom. The van der Waals surface area contributed by atoms with E-state index in [2.05, 4.69) is 29.2 Å². The van der Waals surface area contributed by atoms with Crippen LogP contribution in [0, 0.1) is 11.8 Å². The Morgan fingerprint density at radius 2 is 1.84 bits per heavy atom. The zero-order chi connectivity index (χ0) is 17.4. The first-order valence-corrected chi connectivity index (χ1v) is 9.14. The molecule has 1 N–H and O–H groups in total. The molecule has 2 aliphatic rings. The van der Waals surface area contributed by atoms with Gasteiger partial charge in [0.05, 0.1) is 0 Å². The number of amides is 1. The SMILES string of the molecule is Cn1ccnc1[C@@H](O)C1CCN(C(=O)C2Cc3ccccc3C2)CC1. The van der Waals surface area contributed by atoms with Crippen molar-refractivity contribution in [2.24, 2.45) is 18.9 Å². The molecule has 1 aliphatic carbocycles. The number of rotatable bonds is 3. The second-order valence-electron chi connectivity index (χ2n) is 7.38. The Balaban J connectivity index is 1.35. The number of imidazole rings is 1. The van der Waals surface area contributed by atoms with Crippen molar-refractivity contribution in [3.8, 4) is 0 Å². The molecule has 1 aromatic heterocycles. The molecular weight excluding hydrogens is 314 g/mol. The molecule has 5 heteroatoms. The van der Waals surface area contributed by atoms with E-state index in [9.17, 15) is 9.90 Å². The first kappa shape index (κ1) is 16.3. The number of nitrogens with zero attached hydrogens (tertiary/aromatic N) is 3. The van der Waals surface area contributed by atoms with E-state index < -0.39 is 6.10 Å². The van der Waals surface area contributed by atoms with Crippen molar-refractivity contribution in [3.63, 3.8) is 0 Å². The predicted molar refractivity (Wildman–Crippen MR) is 94.8 cm³/mol. The average molecular weight is 339 g/mol. The lowest BCUT2D eigenvalue weighted by molar-refractivity contribution is -0.137. The van der Waals surface area contributed by atoms with Crippen molar-refractivity contribution >= 4 is 5.91 Å². The molecule has 1 fully saturated rings. The van der Waals surface area contributed by atoms with Gasteiger partial charge in [0.2, 0.25) is 5.91 Å². The number of carbonyl (C=O) groups is 1. The van der Waals surface area contributed by atoms with E-state index >= 15 is 0 Å². The maximum atomic E-state index is 12.9. The van der Waals surface area contributed by atoms with Gasteiger partial charge in [-0.1, -0.05) is 24.3 Å². The smallest absolute Gasteiger partial charge is 0.226 e. The van der Waals surface area contributed by atoms with Crippen LogP contribution in [0.1, 0.15) is 35.9 Å². The van der Waals surface area contributed by atoms with Crippen LogP contribution in [0.2, 0.25) is 0 Å². The molecule has 2 aromatic rings. The molecule has 2 heterocycles. The second kappa shape index (κ2) is 6.64. The molecule has 5 nitrogen and oxygen atoms in total. The number of fused-ring (bicyclic) bond motifs is 1. The van der Waals surface area contributed by atoms with Crippen LogP contribution in [0.15, 0.2) is 36.7 Å². The molecule has 0 unspecified atom stereocenters. The summed E-state index contributed by atoms with van der Waals surface area (Å²) in [6.07, 6.45) is 6.42. The fourth-order valence-corrected chi connectivity index (χ4v) is 4.30. The lowest BCUT2D eigenvalue weighted by Gasteiger charge is -2.35. The number of benzene rings is 1. The summed E-state index contributed by atoms with van der Waals surface area (Å²) in [5, 5.41) is 10.6. The van der Waals surface area contributed by atoms with Crippen LogP contribution in [-0.4, -0.2) is 38.6 Å². The van der Waals surface area contributed by atoms with Gasteiger partial charge >= 0.3 is 0 Å². The molecule has 0 bridgehead atoms. The molecule has 1 atom stereocenters. The van der Waals surface area contributed by atoms with Gasteiger partial charge in [0.25, 0.3) is 0 Å². The van der Waals surface area contributed by atoms with Crippen molar-refractivity contribution in [1.82, 2.24) is 14.5 Å². The molecule has 4 rings (SSSR count). The highest BCUT2D eigenvalue weighted by atomic mass is 16.3. The highest BCUT2D eigenvalue weighted by molar-refractivity contribution is 5.80. The molecule has 132 valence electrons. The van der Waals surface area contributed by atoms with Crippen LogP contribution in [0.4, 0.5) is 0 Å². The van der Waals surface area contributed by atoms with Crippen LogP contribution >= 0.6 is 0 Å². The Hall–Kier alpha value is -2.14. The molecule has 1 aliphatic heterocycles. The lowest BCUT2D eigenvalue weighted by Crippen LogP contribution is -2.43. The van der Waals surface area contributed by atoms with Gasteiger partial charge in [-0.15, -0.1) is 0 Å². The van der Waals surface area contributed by atoms with E-state index in [1.54, 1.807) is 6.20 Å². The third-order valence-electron chi connectivity index (χ3n) is 5.82. The molecule has 1 aromatic carbocycles. The quantitative estimate of drug-likeness (QED) is 0.932. The monoisotopic (exact) mass is 339 g/mol. The van der Waals surface area contributed by atoms with Gasteiger partial charge in [-0.25, -0.2) is 4.98 Å². The summed E-state index contributed by atoms with van der Waals surface area (Å²) in [6, 6.07) is 8.38. The van der Waals surface area contributed by atoms with Gasteiger partial charge in [0.15, 0.2) is 0 Å². The van der Waals surface area contributed by atoms with Crippen LogP contribution in [0.3, 0.4) is 0 Å². The van der Waals surface area contributed by atoms with Gasteiger partial charge in [-0.3, -0.25) is 4.79 Å². The van der Waals surface area contributed by atoms with Crippen LogP contribution in [0.5, 0.6) is 0 Å². The fourth-order valence-electron chi connectivity index (χ4n) is 4.30. The third-order valence-corrected chi connectivity index (χ3v) is 5.82. The third kappa shape index (κ3) is 3.09. The first-order chi connectivity index (χ1) is 12.1. The van der Waals surface area contributed by atoms with Crippen molar-refractivity contribution in [3.05, 3.63) is 53.6 Å². The standard InChI is InChI=1S/C20H25N3O2/c1-22-11-8-21-19(22)18(24)14-6-9-23(10-7-14)20(25)17-12-15-4-2-3-5-16(15)13-17/h2-5,8,11,14,17-18,24H,6-7,9-10,12-13H2,1H3/t18-/m0/s1. The summed E-state index contributed by atoms with van der Waals surface area (Å²) in [6.45, 7) is 1.47. The molecular formula is C20H25N3O2. The van der Waals surface area contributed by atoms with Crippen LogP contribution < -0.4 is 0 Å². The topological polar surface area (TPSA) is 58.4 Å². The van der Waals surface area contributed by atoms with E-state index in [0.29, 0.717) is 0 Å². The number of likely N-dealkylation sites (tertiary alicyclic amines) is 1. The minimum absolute atomic E-state index is 0.0911. The van der Waals surface area contributed by atoms with Crippen LogP contribution in [0.25, 0.3) is 0 Å². The zero-order valence-electron chi connectivity index (χ0n) is 14.6. The van der Waals surface area contributed by atoms with E-state index in [1.165, 1.54) is 11.1 Å². The van der Waals surface area contributed by atoms with Crippen LogP contribution in [-0.2, 0) is 24.7 Å². The van der Waals surface area contributed by atoms with E-state index in [-0.39, 0.29) is 17.7 Å². The van der Waals surface area contributed by atoms with Gasteiger partial charge in [0.1, 0.15) is 11.9 Å². The number of aromatic nitrogens is 2. The molecule has 0 saturated carbocycles. The van der Waals surface area contributed by atoms with E-state index in [0.717, 1.165) is 44.6 Å². The maximum absolute atomic E-state index is 12.9. The summed E-state index contributed by atoms with van der Waals surface area (Å²) >= 11 is 0. The molecule has 1 amide bonds. The Kier molecular flexibility index (Phi) is 4.34. The van der Waals surface area contributed by atoms with E-state index in [4.69, 9.17) is 0 Å². The largest absolute Gasteiger partial charge is 0.385 e. The molecule has 1 saturated heterocycles. The number of carbonyl (C=O) groups excluding carboxylic acids is 1. The fraction of sp³-hybridized carbons (Fsp3) is 0.500. The first-order valence-electron chi connectivity index (χ1n) is 9.14. The molecule has 25 heavy (non-hydrogen) atoms. The zero-order valence-corrected chi connectivity index (χ0v) is 14.6. The van der Waals surface area contributed by atoms with Gasteiger partial charge in [-0.05, 0) is 42.7 Å². The number of piperidine rings is 1. The predicted octanol–water partition coefficient (Wildman–Crippen LogP) is 2.11. The minimum Gasteiger partial charge on any atom is -0.385 e. The number of aliphatic hydroxyl groups is 1. The van der Waals surface area contributed by atoms with Gasteiger partial charge < -0.3 is 14.6 Å². The number of hydrogen-bond donors (Lipinski definition) is 1. The maximum Gasteiger partial charge on any atom is 0.226 e. The van der Waals surface area contributed by atoms with Crippen molar-refractivity contribution in [2.45, 2.75) is 31.8 Å². The normalized spacial score (nSPS) is 19.8. The Morgan fingerprint density at radius 1 is 1.20 bits per heavy atom. The van der Waals surface area contributed by atoms with Gasteiger partial charge in [0, 0.05) is 38.4 Å². The van der Waals surface area contributed by atoms with Crippen molar-refractivity contribution < 1.29 is 9.90 Å². The highest BCUT2D eigenvalue weighted by Gasteiger charge is 2.34. The van der Waals surface area contributed by atoms with Crippen molar-refractivity contribution in [2.75, 3.05) is 13.1 Å². The number of aliphatic hydroxyl groups excluding tert-OH is 1. The average Bonchev–Trinajstić information content (AvgIpc) is 3.26. The number of hydrogen-bond acceptors (Lipinski definition) is 3.